The Balaban J connectivity index is 0.987. The van der Waals surface area contributed by atoms with Crippen molar-refractivity contribution in [3.8, 4) is 27.9 Å². The highest BCUT2D eigenvalue weighted by atomic mass is 32.1. The van der Waals surface area contributed by atoms with E-state index in [0.29, 0.717) is 0 Å². The standard InChI is InChI=1S/C54H34N2S2/c1-2-12-38(13-3-1)56-48-20-7-4-14-42(48)43-33-28-37(34-50(43)56)35-24-29-39(30-25-35)55(49-21-11-19-47-45-16-6-9-23-52(45)58-54(47)49)40-31-26-36(27-32-40)41-17-10-18-46-44-15-5-8-22-51(44)57-53(41)46/h1-34H. The molecule has 9 aromatic carbocycles. The predicted octanol–water partition coefficient (Wildman–Crippen LogP) is 16.3. The number of anilines is 3. The van der Waals surface area contributed by atoms with Crippen molar-refractivity contribution in [2.24, 2.45) is 0 Å². The maximum Gasteiger partial charge on any atom is 0.0640 e. The summed E-state index contributed by atoms with van der Waals surface area (Å²) >= 11 is 3.75. The molecule has 0 bridgehead atoms. The van der Waals surface area contributed by atoms with Crippen molar-refractivity contribution in [1.29, 1.82) is 0 Å². The number of para-hydroxylation sites is 2. The van der Waals surface area contributed by atoms with Crippen molar-refractivity contribution in [1.82, 2.24) is 4.57 Å². The fourth-order valence-corrected chi connectivity index (χ4v) is 11.4. The number of rotatable bonds is 6. The molecule has 12 aromatic rings. The van der Waals surface area contributed by atoms with E-state index in [1.165, 1.54) is 95.8 Å². The second kappa shape index (κ2) is 13.3. The van der Waals surface area contributed by atoms with Crippen molar-refractivity contribution in [2.45, 2.75) is 0 Å². The van der Waals surface area contributed by atoms with Crippen molar-refractivity contribution < 1.29 is 0 Å². The molecule has 3 aromatic heterocycles. The monoisotopic (exact) mass is 774 g/mol. The summed E-state index contributed by atoms with van der Waals surface area (Å²) in [6.45, 7) is 0. The molecule has 0 radical (unpaired) electrons. The van der Waals surface area contributed by atoms with Gasteiger partial charge in [-0.15, -0.1) is 22.7 Å². The molecular formula is C54H34N2S2. The Bertz CT molecular complexity index is 3500. The van der Waals surface area contributed by atoms with Gasteiger partial charge >= 0.3 is 0 Å². The number of nitrogens with zero attached hydrogens (tertiary/aromatic N) is 2. The van der Waals surface area contributed by atoms with Crippen LogP contribution < -0.4 is 4.90 Å². The number of aromatic nitrogens is 1. The summed E-state index contributed by atoms with van der Waals surface area (Å²) in [5.74, 6) is 0. The highest BCUT2D eigenvalue weighted by molar-refractivity contribution is 7.26. The van der Waals surface area contributed by atoms with Crippen molar-refractivity contribution in [3.05, 3.63) is 206 Å². The zero-order chi connectivity index (χ0) is 38.2. The van der Waals surface area contributed by atoms with Gasteiger partial charge in [0.2, 0.25) is 0 Å². The molecule has 0 amide bonds. The Morgan fingerprint density at radius 3 is 1.60 bits per heavy atom. The lowest BCUT2D eigenvalue weighted by Crippen LogP contribution is -2.10. The van der Waals surface area contributed by atoms with E-state index in [9.17, 15) is 0 Å². The van der Waals surface area contributed by atoms with Gasteiger partial charge in [-0.25, -0.2) is 0 Å². The molecule has 0 aliphatic heterocycles. The summed E-state index contributed by atoms with van der Waals surface area (Å²) in [7, 11) is 0. The molecule has 0 aliphatic rings. The van der Waals surface area contributed by atoms with Crippen LogP contribution >= 0.6 is 22.7 Å². The molecular weight excluding hydrogens is 741 g/mol. The third-order valence-corrected chi connectivity index (χ3v) is 14.0. The molecule has 0 spiro atoms. The van der Waals surface area contributed by atoms with Crippen molar-refractivity contribution >= 4 is 102 Å². The van der Waals surface area contributed by atoms with Crippen LogP contribution in [0.1, 0.15) is 0 Å². The largest absolute Gasteiger partial charge is 0.309 e. The third-order valence-electron chi connectivity index (χ3n) is 11.6. The second-order valence-electron chi connectivity index (χ2n) is 14.9. The van der Waals surface area contributed by atoms with E-state index in [0.717, 1.165) is 11.4 Å². The summed E-state index contributed by atoms with van der Waals surface area (Å²) in [6.07, 6.45) is 0. The first-order chi connectivity index (χ1) is 28.8. The molecule has 2 nitrogen and oxygen atoms in total. The molecule has 0 saturated heterocycles. The van der Waals surface area contributed by atoms with E-state index in [-0.39, 0.29) is 0 Å². The summed E-state index contributed by atoms with van der Waals surface area (Å²) in [5.41, 5.74) is 11.9. The summed E-state index contributed by atoms with van der Waals surface area (Å²) in [4.78, 5) is 2.43. The zero-order valence-corrected chi connectivity index (χ0v) is 33.0. The normalized spacial score (nSPS) is 11.8. The van der Waals surface area contributed by atoms with Gasteiger partial charge in [-0.05, 0) is 89.0 Å². The lowest BCUT2D eigenvalue weighted by atomic mass is 10.0. The molecule has 0 atom stereocenters. The van der Waals surface area contributed by atoms with Gasteiger partial charge in [0.05, 0.1) is 21.4 Å². The first-order valence-electron chi connectivity index (χ1n) is 19.7. The van der Waals surface area contributed by atoms with Gasteiger partial charge in [0.15, 0.2) is 0 Å². The molecule has 4 heteroatoms. The van der Waals surface area contributed by atoms with Crippen LogP contribution in [0.5, 0.6) is 0 Å². The van der Waals surface area contributed by atoms with Gasteiger partial charge in [-0.2, -0.15) is 0 Å². The smallest absolute Gasteiger partial charge is 0.0640 e. The van der Waals surface area contributed by atoms with Crippen molar-refractivity contribution in [2.75, 3.05) is 4.90 Å². The van der Waals surface area contributed by atoms with Gasteiger partial charge < -0.3 is 9.47 Å². The van der Waals surface area contributed by atoms with E-state index in [2.05, 4.69) is 216 Å². The fraction of sp³-hybridized carbons (Fsp3) is 0. The maximum absolute atomic E-state index is 2.43. The molecule has 272 valence electrons. The van der Waals surface area contributed by atoms with Crippen LogP contribution in [0.3, 0.4) is 0 Å². The number of benzene rings is 9. The Labute approximate surface area is 343 Å². The Hall–Kier alpha value is -6.98. The maximum atomic E-state index is 2.43. The quantitative estimate of drug-likeness (QED) is 0.163. The number of fused-ring (bicyclic) bond motifs is 9. The van der Waals surface area contributed by atoms with Crippen LogP contribution in [0.25, 0.3) is 90.1 Å². The summed E-state index contributed by atoms with van der Waals surface area (Å²) in [5, 5.41) is 7.76. The molecule has 0 aliphatic carbocycles. The highest BCUT2D eigenvalue weighted by Crippen LogP contribution is 2.46. The average Bonchev–Trinajstić information content (AvgIpc) is 3.97. The molecule has 12 rings (SSSR count). The van der Waals surface area contributed by atoms with E-state index in [1.807, 2.05) is 22.7 Å². The second-order valence-corrected chi connectivity index (χ2v) is 17.0. The first-order valence-corrected chi connectivity index (χ1v) is 21.3. The molecule has 0 N–H and O–H groups in total. The van der Waals surface area contributed by atoms with Crippen LogP contribution in [-0.2, 0) is 0 Å². The van der Waals surface area contributed by atoms with Crippen LogP contribution in [0.4, 0.5) is 17.1 Å². The molecule has 0 fully saturated rings. The third kappa shape index (κ3) is 5.23. The average molecular weight is 775 g/mol. The van der Waals surface area contributed by atoms with Crippen molar-refractivity contribution in [3.63, 3.8) is 0 Å². The minimum absolute atomic E-state index is 1.12. The Morgan fingerprint density at radius 1 is 0.345 bits per heavy atom. The lowest BCUT2D eigenvalue weighted by molar-refractivity contribution is 1.18. The lowest BCUT2D eigenvalue weighted by Gasteiger charge is -2.26. The molecule has 58 heavy (non-hydrogen) atoms. The number of hydrogen-bond donors (Lipinski definition) is 0. The van der Waals surface area contributed by atoms with E-state index >= 15 is 0 Å². The van der Waals surface area contributed by atoms with E-state index in [4.69, 9.17) is 0 Å². The minimum Gasteiger partial charge on any atom is -0.309 e. The summed E-state index contributed by atoms with van der Waals surface area (Å²) in [6, 6.07) is 75.5. The van der Waals surface area contributed by atoms with Gasteiger partial charge in [0.25, 0.3) is 0 Å². The molecule has 0 saturated carbocycles. The number of thiophene rings is 2. The van der Waals surface area contributed by atoms with Crippen LogP contribution in [0.15, 0.2) is 206 Å². The Kier molecular flexibility index (Phi) is 7.62. The van der Waals surface area contributed by atoms with Gasteiger partial charge in [0, 0.05) is 63.5 Å². The predicted molar refractivity (Wildman–Crippen MR) is 252 cm³/mol. The molecule has 0 unspecified atom stereocenters. The van der Waals surface area contributed by atoms with Gasteiger partial charge in [-0.3, -0.25) is 0 Å². The van der Waals surface area contributed by atoms with E-state index in [1.54, 1.807) is 0 Å². The minimum atomic E-state index is 1.12. The first kappa shape index (κ1) is 33.2. The molecule has 3 heterocycles. The van der Waals surface area contributed by atoms with Gasteiger partial charge in [-0.1, -0.05) is 140 Å². The van der Waals surface area contributed by atoms with Gasteiger partial charge in [0.1, 0.15) is 0 Å². The summed E-state index contributed by atoms with van der Waals surface area (Å²) < 4.78 is 7.63. The number of hydrogen-bond acceptors (Lipinski definition) is 3. The van der Waals surface area contributed by atoms with Crippen LogP contribution in [-0.4, -0.2) is 4.57 Å². The fourth-order valence-electron chi connectivity index (χ4n) is 8.91. The zero-order valence-electron chi connectivity index (χ0n) is 31.3. The van der Waals surface area contributed by atoms with Crippen LogP contribution in [0.2, 0.25) is 0 Å². The highest BCUT2D eigenvalue weighted by Gasteiger charge is 2.20. The van der Waals surface area contributed by atoms with Crippen LogP contribution in [0, 0.1) is 0 Å². The SMILES string of the molecule is c1ccc(-n2c3ccccc3c3ccc(-c4ccc(N(c5ccc(-c6cccc7c6sc6ccccc67)cc5)c5cccc6c5sc5ccccc56)cc4)cc32)cc1. The topological polar surface area (TPSA) is 8.17 Å². The van der Waals surface area contributed by atoms with E-state index < -0.39 is 0 Å². The Morgan fingerprint density at radius 2 is 0.879 bits per heavy atom.